The topological polar surface area (TPSA) is 110 Å². The zero-order valence-electron chi connectivity index (χ0n) is 12.6. The molecule has 0 aliphatic carbocycles. The van der Waals surface area contributed by atoms with Gasteiger partial charge in [0.25, 0.3) is 5.91 Å². The number of carboxylic acids is 1. The Morgan fingerprint density at radius 2 is 2.00 bits per heavy atom. The van der Waals surface area contributed by atoms with Crippen molar-refractivity contribution in [2.24, 2.45) is 0 Å². The first kappa shape index (κ1) is 17.1. The second-order valence-corrected chi connectivity index (χ2v) is 5.97. The van der Waals surface area contributed by atoms with Crippen molar-refractivity contribution < 1.29 is 14.7 Å². The Labute approximate surface area is 137 Å². The van der Waals surface area contributed by atoms with Gasteiger partial charge >= 0.3 is 5.97 Å². The molecule has 0 aliphatic heterocycles. The van der Waals surface area contributed by atoms with Gasteiger partial charge < -0.3 is 10.4 Å². The monoisotopic (exact) mass is 337 g/mol. The lowest BCUT2D eigenvalue weighted by Gasteiger charge is -2.05. The SMILES string of the molecule is O=C(O)CCCCCCCNC(=O)c1sccc1-n1cnnn1. The van der Waals surface area contributed by atoms with Crippen LogP contribution in [0.2, 0.25) is 0 Å². The van der Waals surface area contributed by atoms with E-state index in [1.54, 1.807) is 6.07 Å². The number of hydrogen-bond donors (Lipinski definition) is 2. The summed E-state index contributed by atoms with van der Waals surface area (Å²) in [4.78, 5) is 23.1. The summed E-state index contributed by atoms with van der Waals surface area (Å²) in [7, 11) is 0. The first-order valence-corrected chi connectivity index (χ1v) is 8.37. The van der Waals surface area contributed by atoms with Gasteiger partial charge in [-0.2, -0.15) is 4.68 Å². The molecule has 0 aromatic carbocycles. The number of carbonyl (C=O) groups excluding carboxylic acids is 1. The average Bonchev–Trinajstić information content (AvgIpc) is 3.19. The number of hydrogen-bond acceptors (Lipinski definition) is 6. The quantitative estimate of drug-likeness (QED) is 0.641. The van der Waals surface area contributed by atoms with Gasteiger partial charge in [0.2, 0.25) is 0 Å². The minimum absolute atomic E-state index is 0.128. The van der Waals surface area contributed by atoms with Crippen LogP contribution in [-0.2, 0) is 4.79 Å². The third-order valence-electron chi connectivity index (χ3n) is 3.30. The van der Waals surface area contributed by atoms with Crippen LogP contribution < -0.4 is 5.32 Å². The van der Waals surface area contributed by atoms with Gasteiger partial charge in [0.05, 0.1) is 5.69 Å². The second-order valence-electron chi connectivity index (χ2n) is 5.06. The maximum absolute atomic E-state index is 12.2. The third-order valence-corrected chi connectivity index (χ3v) is 4.20. The van der Waals surface area contributed by atoms with Gasteiger partial charge in [0.1, 0.15) is 11.2 Å². The molecule has 0 unspecified atom stereocenters. The summed E-state index contributed by atoms with van der Waals surface area (Å²) >= 11 is 1.35. The fourth-order valence-electron chi connectivity index (χ4n) is 2.14. The van der Waals surface area contributed by atoms with Crippen LogP contribution in [0.3, 0.4) is 0 Å². The van der Waals surface area contributed by atoms with Gasteiger partial charge in [-0.05, 0) is 34.7 Å². The number of unbranched alkanes of at least 4 members (excludes halogenated alkanes) is 4. The van der Waals surface area contributed by atoms with Crippen LogP contribution in [0.15, 0.2) is 17.8 Å². The highest BCUT2D eigenvalue weighted by atomic mass is 32.1. The summed E-state index contributed by atoms with van der Waals surface area (Å²) in [6, 6.07) is 1.80. The first-order chi connectivity index (χ1) is 11.2. The van der Waals surface area contributed by atoms with E-state index in [9.17, 15) is 9.59 Å². The molecule has 0 saturated heterocycles. The number of thiophene rings is 1. The molecule has 2 heterocycles. The number of carboxylic acid groups (broad SMARTS) is 1. The first-order valence-electron chi connectivity index (χ1n) is 7.49. The third kappa shape index (κ3) is 5.44. The van der Waals surface area contributed by atoms with Crippen LogP contribution in [0.4, 0.5) is 0 Å². The smallest absolute Gasteiger partial charge is 0.303 e. The molecule has 0 bridgehead atoms. The lowest BCUT2D eigenvalue weighted by Crippen LogP contribution is -2.24. The Kier molecular flexibility index (Phi) is 6.67. The van der Waals surface area contributed by atoms with Crippen molar-refractivity contribution >= 4 is 23.2 Å². The predicted molar refractivity (Wildman–Crippen MR) is 84.7 cm³/mol. The number of nitrogens with one attached hydrogen (secondary N) is 1. The van der Waals surface area contributed by atoms with Crippen molar-refractivity contribution in [2.45, 2.75) is 38.5 Å². The number of aromatic nitrogens is 4. The molecule has 0 spiro atoms. The largest absolute Gasteiger partial charge is 0.481 e. The Morgan fingerprint density at radius 3 is 2.74 bits per heavy atom. The lowest BCUT2D eigenvalue weighted by molar-refractivity contribution is -0.137. The van der Waals surface area contributed by atoms with E-state index in [-0.39, 0.29) is 12.3 Å². The molecule has 0 radical (unpaired) electrons. The maximum atomic E-state index is 12.2. The van der Waals surface area contributed by atoms with E-state index in [0.29, 0.717) is 23.5 Å². The van der Waals surface area contributed by atoms with E-state index < -0.39 is 5.97 Å². The Bertz CT molecular complexity index is 626. The van der Waals surface area contributed by atoms with Crippen molar-refractivity contribution in [3.05, 3.63) is 22.7 Å². The molecule has 2 aromatic rings. The van der Waals surface area contributed by atoms with Gasteiger partial charge in [-0.3, -0.25) is 9.59 Å². The molecule has 2 aromatic heterocycles. The predicted octanol–water partition coefficient (Wildman–Crippen LogP) is 1.88. The van der Waals surface area contributed by atoms with Gasteiger partial charge in [-0.25, -0.2) is 0 Å². The van der Waals surface area contributed by atoms with E-state index in [4.69, 9.17) is 5.11 Å². The van der Waals surface area contributed by atoms with Crippen molar-refractivity contribution in [1.82, 2.24) is 25.5 Å². The van der Waals surface area contributed by atoms with Crippen LogP contribution in [-0.4, -0.2) is 43.7 Å². The minimum Gasteiger partial charge on any atom is -0.481 e. The summed E-state index contributed by atoms with van der Waals surface area (Å²) in [6.07, 6.45) is 6.15. The average molecular weight is 337 g/mol. The Morgan fingerprint density at radius 1 is 1.22 bits per heavy atom. The molecule has 2 rings (SSSR count). The molecule has 9 heteroatoms. The van der Waals surface area contributed by atoms with Crippen LogP contribution >= 0.6 is 11.3 Å². The molecule has 0 atom stereocenters. The van der Waals surface area contributed by atoms with Crippen molar-refractivity contribution in [3.8, 4) is 5.69 Å². The molecule has 0 saturated carbocycles. The van der Waals surface area contributed by atoms with E-state index in [1.165, 1.54) is 22.3 Å². The van der Waals surface area contributed by atoms with Gasteiger partial charge in [-0.15, -0.1) is 16.4 Å². The van der Waals surface area contributed by atoms with Crippen LogP contribution in [0.25, 0.3) is 5.69 Å². The standard InChI is InChI=1S/C14H19N5O3S/c20-12(21)6-4-2-1-3-5-8-15-14(22)13-11(7-9-23-13)19-10-16-17-18-19/h7,9-10H,1-6,8H2,(H,15,22)(H,20,21). The van der Waals surface area contributed by atoms with Gasteiger partial charge in [0, 0.05) is 13.0 Å². The maximum Gasteiger partial charge on any atom is 0.303 e. The highest BCUT2D eigenvalue weighted by molar-refractivity contribution is 7.12. The summed E-state index contributed by atoms with van der Waals surface area (Å²) in [5.74, 6) is -0.872. The van der Waals surface area contributed by atoms with Crippen LogP contribution in [0, 0.1) is 0 Å². The van der Waals surface area contributed by atoms with E-state index in [0.717, 1.165) is 25.7 Å². The molecule has 124 valence electrons. The number of rotatable bonds is 10. The zero-order chi connectivity index (χ0) is 16.5. The molecule has 2 N–H and O–H groups in total. The number of nitrogens with zero attached hydrogens (tertiary/aromatic N) is 4. The Hall–Kier alpha value is -2.29. The highest BCUT2D eigenvalue weighted by Gasteiger charge is 2.14. The fraction of sp³-hybridized carbons (Fsp3) is 0.500. The summed E-state index contributed by atoms with van der Waals surface area (Å²) < 4.78 is 1.47. The number of tetrazole rings is 1. The van der Waals surface area contributed by atoms with Crippen molar-refractivity contribution in [1.29, 1.82) is 0 Å². The molecule has 23 heavy (non-hydrogen) atoms. The summed E-state index contributed by atoms with van der Waals surface area (Å²) in [5.41, 5.74) is 0.672. The molecular formula is C14H19N5O3S. The van der Waals surface area contributed by atoms with Crippen molar-refractivity contribution in [2.75, 3.05) is 6.54 Å². The molecule has 8 nitrogen and oxygen atoms in total. The van der Waals surface area contributed by atoms with E-state index in [2.05, 4.69) is 20.8 Å². The number of carbonyl (C=O) groups is 2. The normalized spacial score (nSPS) is 10.6. The number of aliphatic carboxylic acids is 1. The molecule has 0 aliphatic rings. The summed E-state index contributed by atoms with van der Waals surface area (Å²) in [6.45, 7) is 0.602. The Balaban J connectivity index is 1.66. The van der Waals surface area contributed by atoms with E-state index in [1.807, 2.05) is 5.38 Å². The van der Waals surface area contributed by atoms with Crippen molar-refractivity contribution in [3.63, 3.8) is 0 Å². The van der Waals surface area contributed by atoms with Gasteiger partial charge in [0.15, 0.2) is 0 Å². The summed E-state index contributed by atoms with van der Waals surface area (Å²) in [5, 5.41) is 24.2. The fourth-order valence-corrected chi connectivity index (χ4v) is 2.93. The highest BCUT2D eigenvalue weighted by Crippen LogP contribution is 2.19. The van der Waals surface area contributed by atoms with Crippen LogP contribution in [0.5, 0.6) is 0 Å². The second kappa shape index (κ2) is 8.99. The molecule has 1 amide bonds. The zero-order valence-corrected chi connectivity index (χ0v) is 13.5. The van der Waals surface area contributed by atoms with E-state index >= 15 is 0 Å². The molecular weight excluding hydrogens is 318 g/mol. The minimum atomic E-state index is -0.744. The lowest BCUT2D eigenvalue weighted by atomic mass is 10.1. The van der Waals surface area contributed by atoms with Crippen LogP contribution in [0.1, 0.15) is 48.2 Å². The number of amides is 1. The molecule has 0 fully saturated rings. The van der Waals surface area contributed by atoms with Gasteiger partial charge in [-0.1, -0.05) is 19.3 Å².